The predicted molar refractivity (Wildman–Crippen MR) is 156 cm³/mol. The molecule has 1 saturated heterocycles. The number of ether oxygens (including phenoxy) is 2. The van der Waals surface area contributed by atoms with Crippen LogP contribution in [0.2, 0.25) is 5.15 Å². The molecule has 2 aliphatic rings. The second kappa shape index (κ2) is 12.2. The molecule has 2 aliphatic heterocycles. The number of nitrogens with one attached hydrogen (secondary N) is 2. The Kier molecular flexibility index (Phi) is 8.52. The fourth-order valence-electron chi connectivity index (χ4n) is 5.09. The molecule has 2 amide bonds. The molecular formula is C28H33ClN8O4. The molecule has 0 spiro atoms. The number of aromatic nitrogens is 4. The van der Waals surface area contributed by atoms with Gasteiger partial charge in [-0.15, -0.1) is 0 Å². The third-order valence-electron chi connectivity index (χ3n) is 7.23. The van der Waals surface area contributed by atoms with Gasteiger partial charge >= 0.3 is 0 Å². The van der Waals surface area contributed by atoms with Crippen LogP contribution in [0.5, 0.6) is 5.75 Å². The molecular weight excluding hydrogens is 548 g/mol. The zero-order valence-corrected chi connectivity index (χ0v) is 24.0. The lowest BCUT2D eigenvalue weighted by Crippen LogP contribution is -2.38. The van der Waals surface area contributed by atoms with Gasteiger partial charge in [-0.2, -0.15) is 4.98 Å². The number of nitrogen functional groups attached to an aromatic ring is 1. The molecule has 216 valence electrons. The molecule has 0 aliphatic carbocycles. The molecule has 0 aromatic carbocycles. The van der Waals surface area contributed by atoms with Crippen molar-refractivity contribution in [2.75, 3.05) is 57.1 Å². The number of morpholine rings is 1. The van der Waals surface area contributed by atoms with E-state index in [1.54, 1.807) is 31.6 Å². The van der Waals surface area contributed by atoms with Gasteiger partial charge in [-0.25, -0.2) is 4.98 Å². The van der Waals surface area contributed by atoms with Crippen LogP contribution in [-0.4, -0.2) is 83.2 Å². The summed E-state index contributed by atoms with van der Waals surface area (Å²) in [6, 6.07) is 1.68. The van der Waals surface area contributed by atoms with E-state index in [2.05, 4.69) is 30.2 Å². The minimum absolute atomic E-state index is 0.0496. The maximum Gasteiger partial charge on any atom is 0.260 e. The van der Waals surface area contributed by atoms with Gasteiger partial charge in [0.2, 0.25) is 5.95 Å². The van der Waals surface area contributed by atoms with Gasteiger partial charge in [-0.05, 0) is 39.0 Å². The van der Waals surface area contributed by atoms with E-state index in [0.29, 0.717) is 40.6 Å². The molecule has 41 heavy (non-hydrogen) atoms. The normalized spacial score (nSPS) is 16.3. The summed E-state index contributed by atoms with van der Waals surface area (Å²) in [5.41, 5.74) is 9.91. The number of nitrogens with two attached hydrogens (primary N) is 1. The molecule has 0 atom stereocenters. The first-order valence-electron chi connectivity index (χ1n) is 13.4. The lowest BCUT2D eigenvalue weighted by molar-refractivity contribution is -0.113. The molecule has 5 heterocycles. The van der Waals surface area contributed by atoms with Crippen molar-refractivity contribution in [2.45, 2.75) is 26.8 Å². The fourth-order valence-corrected chi connectivity index (χ4v) is 5.36. The van der Waals surface area contributed by atoms with E-state index in [9.17, 15) is 9.59 Å². The van der Waals surface area contributed by atoms with Crippen LogP contribution in [0, 0.1) is 13.8 Å². The van der Waals surface area contributed by atoms with Crippen molar-refractivity contribution in [3.8, 4) is 5.75 Å². The van der Waals surface area contributed by atoms with Crippen LogP contribution in [0.25, 0.3) is 11.6 Å². The Bertz CT molecular complexity index is 1500. The fraction of sp³-hybridized carbons (Fsp3) is 0.393. The van der Waals surface area contributed by atoms with Gasteiger partial charge in [-0.1, -0.05) is 11.6 Å². The third-order valence-corrected chi connectivity index (χ3v) is 7.50. The number of methoxy groups -OCH3 is 1. The van der Waals surface area contributed by atoms with Gasteiger partial charge < -0.3 is 25.5 Å². The van der Waals surface area contributed by atoms with Crippen LogP contribution >= 0.6 is 11.6 Å². The molecule has 0 unspecified atom stereocenters. The molecule has 0 radical (unpaired) electrons. The number of carbonyl (C=O) groups is 2. The first-order chi connectivity index (χ1) is 19.8. The quantitative estimate of drug-likeness (QED) is 0.197. The van der Waals surface area contributed by atoms with Gasteiger partial charge in [-0.3, -0.25) is 24.4 Å². The van der Waals surface area contributed by atoms with Gasteiger partial charge in [0.1, 0.15) is 10.9 Å². The number of carbonyl (C=O) groups excluding carboxylic acids is 2. The average Bonchev–Trinajstić information content (AvgIpc) is 3.52. The molecule has 5 rings (SSSR count). The summed E-state index contributed by atoms with van der Waals surface area (Å²) in [7, 11) is 1.60. The Hall–Kier alpha value is -4.00. The summed E-state index contributed by atoms with van der Waals surface area (Å²) in [5.74, 6) is 0.412. The number of amides is 2. The number of fused-ring (bicyclic) bond motifs is 1. The third kappa shape index (κ3) is 6.04. The van der Waals surface area contributed by atoms with E-state index >= 15 is 0 Å². The number of hydrogen-bond donors (Lipinski definition) is 3. The summed E-state index contributed by atoms with van der Waals surface area (Å²) in [6.45, 7) is 8.72. The number of nitrogens with zero attached hydrogens (tertiary/aromatic N) is 5. The van der Waals surface area contributed by atoms with Crippen molar-refractivity contribution in [3.63, 3.8) is 0 Å². The zero-order valence-electron chi connectivity index (χ0n) is 23.3. The molecule has 3 aromatic rings. The Morgan fingerprint density at radius 3 is 2.83 bits per heavy atom. The summed E-state index contributed by atoms with van der Waals surface area (Å²) in [5, 5.41) is 3.01. The maximum atomic E-state index is 13.7. The largest absolute Gasteiger partial charge is 0.496 e. The summed E-state index contributed by atoms with van der Waals surface area (Å²) in [6.07, 6.45) is 5.79. The van der Waals surface area contributed by atoms with Gasteiger partial charge in [0.25, 0.3) is 11.8 Å². The minimum Gasteiger partial charge on any atom is -0.496 e. The lowest BCUT2D eigenvalue weighted by Gasteiger charge is -2.26. The predicted octanol–water partition coefficient (Wildman–Crippen LogP) is 2.60. The second-order valence-electron chi connectivity index (χ2n) is 9.97. The van der Waals surface area contributed by atoms with Crippen LogP contribution in [0.1, 0.15) is 44.9 Å². The maximum absolute atomic E-state index is 13.7. The van der Waals surface area contributed by atoms with E-state index in [1.807, 2.05) is 13.8 Å². The highest BCUT2D eigenvalue weighted by molar-refractivity contribution is 6.41. The molecule has 0 bridgehead atoms. The zero-order chi connectivity index (χ0) is 29.1. The number of pyridine rings is 1. The smallest absolute Gasteiger partial charge is 0.260 e. The van der Waals surface area contributed by atoms with E-state index in [-0.39, 0.29) is 35.0 Å². The standard InChI is InChI=1S/C28H33ClN8O4/c1-16-13-33-21(17(2)23(16)40-3)15-37-25-22(24(29)34-28(30)35-25)20(27(37)39)12-19-11-18(14-32-19)26(38)31-5-4-6-36-7-9-41-10-8-36/h11-14,32H,4-10,15H2,1-3H3,(H,31,38)(H2,30,34,35). The van der Waals surface area contributed by atoms with Gasteiger partial charge in [0.15, 0.2) is 5.82 Å². The topological polar surface area (TPSA) is 152 Å². The van der Waals surface area contributed by atoms with Crippen LogP contribution in [0.4, 0.5) is 11.8 Å². The molecule has 13 heteroatoms. The van der Waals surface area contributed by atoms with Crippen molar-refractivity contribution in [1.82, 2.24) is 30.2 Å². The summed E-state index contributed by atoms with van der Waals surface area (Å²) >= 11 is 6.48. The van der Waals surface area contributed by atoms with Crippen LogP contribution in [0.3, 0.4) is 0 Å². The van der Waals surface area contributed by atoms with E-state index in [0.717, 1.165) is 50.4 Å². The first kappa shape index (κ1) is 28.5. The molecule has 4 N–H and O–H groups in total. The Morgan fingerprint density at radius 2 is 2.07 bits per heavy atom. The van der Waals surface area contributed by atoms with E-state index in [4.69, 9.17) is 26.8 Å². The summed E-state index contributed by atoms with van der Waals surface area (Å²) < 4.78 is 10.9. The van der Waals surface area contributed by atoms with E-state index in [1.165, 1.54) is 4.90 Å². The van der Waals surface area contributed by atoms with Crippen molar-refractivity contribution in [1.29, 1.82) is 0 Å². The number of halogens is 1. The Balaban J connectivity index is 1.34. The van der Waals surface area contributed by atoms with E-state index < -0.39 is 0 Å². The highest BCUT2D eigenvalue weighted by atomic mass is 35.5. The van der Waals surface area contributed by atoms with Crippen molar-refractivity contribution >= 4 is 46.8 Å². The molecule has 1 fully saturated rings. The van der Waals surface area contributed by atoms with Crippen LogP contribution in [0.15, 0.2) is 18.5 Å². The van der Waals surface area contributed by atoms with Crippen LogP contribution < -0.4 is 20.7 Å². The number of hydrogen-bond acceptors (Lipinski definition) is 9. The molecule has 0 saturated carbocycles. The SMILES string of the molecule is COc1c(C)cnc(CN2C(=O)C(=Cc3cc(C(=O)NCCCN4CCOCC4)c[nH]3)c3c(Cl)nc(N)nc32)c1C. The molecule has 12 nitrogen and oxygen atoms in total. The Labute approximate surface area is 242 Å². The van der Waals surface area contributed by atoms with Gasteiger partial charge in [0.05, 0.1) is 49.3 Å². The number of aryl methyl sites for hydroxylation is 1. The lowest BCUT2D eigenvalue weighted by atomic mass is 10.1. The number of anilines is 2. The highest BCUT2D eigenvalue weighted by Crippen LogP contribution is 2.41. The van der Waals surface area contributed by atoms with Crippen molar-refractivity contribution in [2.24, 2.45) is 0 Å². The summed E-state index contributed by atoms with van der Waals surface area (Å²) in [4.78, 5) is 46.3. The minimum atomic E-state index is -0.341. The monoisotopic (exact) mass is 580 g/mol. The van der Waals surface area contributed by atoms with Crippen molar-refractivity contribution in [3.05, 3.63) is 57.3 Å². The van der Waals surface area contributed by atoms with Gasteiger partial charge in [0, 0.05) is 48.8 Å². The van der Waals surface area contributed by atoms with Crippen LogP contribution in [-0.2, 0) is 16.1 Å². The number of H-pyrrole nitrogens is 1. The van der Waals surface area contributed by atoms with Crippen molar-refractivity contribution < 1.29 is 19.1 Å². The first-order valence-corrected chi connectivity index (χ1v) is 13.8. The highest BCUT2D eigenvalue weighted by Gasteiger charge is 2.37. The number of aromatic amines is 1. The number of rotatable bonds is 9. The average molecular weight is 581 g/mol. The second-order valence-corrected chi connectivity index (χ2v) is 10.3. The Morgan fingerprint density at radius 1 is 1.29 bits per heavy atom. The molecule has 3 aromatic heterocycles.